The van der Waals surface area contributed by atoms with Gasteiger partial charge in [0.1, 0.15) is 11.5 Å². The average molecular weight is 233 g/mol. The maximum absolute atomic E-state index is 8.50. The van der Waals surface area contributed by atoms with Crippen LogP contribution in [0.5, 0.6) is 11.5 Å². The van der Waals surface area contributed by atoms with Crippen LogP contribution >= 0.6 is 0 Å². The van der Waals surface area contributed by atoms with Gasteiger partial charge >= 0.3 is 5.69 Å². The summed E-state index contributed by atoms with van der Waals surface area (Å²) in [6.07, 6.45) is 0. The normalized spacial score (nSPS) is 8.69. The van der Waals surface area contributed by atoms with Gasteiger partial charge in [0.25, 0.3) is 0 Å². The fourth-order valence-electron chi connectivity index (χ4n) is 1.21. The van der Waals surface area contributed by atoms with Crippen LogP contribution in [0.3, 0.4) is 0 Å². The highest BCUT2D eigenvalue weighted by atomic mass is 35.5. The van der Waals surface area contributed by atoms with Crippen LogP contribution in [0.15, 0.2) is 54.6 Å². The molecule has 0 bridgehead atoms. The number of diazo groups is 1. The molecule has 0 fully saturated rings. The van der Waals surface area contributed by atoms with Crippen LogP contribution in [0.4, 0.5) is 5.69 Å². The molecule has 80 valence electrons. The smallest absolute Gasteiger partial charge is 0.385 e. The minimum atomic E-state index is 0. The van der Waals surface area contributed by atoms with Gasteiger partial charge in [-0.05, 0) is 24.3 Å². The second kappa shape index (κ2) is 5.74. The Morgan fingerprint density at radius 1 is 0.812 bits per heavy atom. The number of rotatable bonds is 2. The maximum Gasteiger partial charge on any atom is 0.385 e. The summed E-state index contributed by atoms with van der Waals surface area (Å²) in [5.74, 6) is 1.50. The Balaban J connectivity index is 0.00000128. The van der Waals surface area contributed by atoms with Crippen molar-refractivity contribution in [2.45, 2.75) is 0 Å². The van der Waals surface area contributed by atoms with E-state index in [-0.39, 0.29) is 12.4 Å². The molecule has 0 N–H and O–H groups in total. The lowest BCUT2D eigenvalue weighted by Gasteiger charge is -2.03. The number of benzene rings is 2. The summed E-state index contributed by atoms with van der Waals surface area (Å²) in [4.78, 5) is 3.06. The summed E-state index contributed by atoms with van der Waals surface area (Å²) in [5.41, 5.74) is 0.510. The van der Waals surface area contributed by atoms with Gasteiger partial charge in [-0.1, -0.05) is 18.2 Å². The third kappa shape index (κ3) is 2.97. The van der Waals surface area contributed by atoms with Crippen molar-refractivity contribution in [3.05, 3.63) is 59.6 Å². The molecule has 0 spiro atoms. The van der Waals surface area contributed by atoms with E-state index in [9.17, 15) is 0 Å². The molecule has 0 aliphatic rings. The largest absolute Gasteiger partial charge is 1.00 e. The number of ether oxygens (including phenoxy) is 1. The molecule has 2 aromatic carbocycles. The number of nitrogens with zero attached hydrogens (tertiary/aromatic N) is 2. The first-order chi connectivity index (χ1) is 7.38. The molecular formula is C12H9ClN2O. The molecule has 0 aliphatic heterocycles. The van der Waals surface area contributed by atoms with Crippen molar-refractivity contribution in [1.29, 1.82) is 5.39 Å². The summed E-state index contributed by atoms with van der Waals surface area (Å²) >= 11 is 0. The average Bonchev–Trinajstić information content (AvgIpc) is 2.31. The SMILES string of the molecule is N#[N+]c1ccc(Oc2ccccc2)cc1.[Cl-]. The fraction of sp³-hybridized carbons (Fsp3) is 0. The molecule has 0 aliphatic carbocycles. The zero-order chi connectivity index (χ0) is 10.5. The summed E-state index contributed by atoms with van der Waals surface area (Å²) in [7, 11) is 0. The van der Waals surface area contributed by atoms with Gasteiger partial charge in [-0.25, -0.2) is 0 Å². The van der Waals surface area contributed by atoms with E-state index in [4.69, 9.17) is 10.1 Å². The Bertz CT molecular complexity index is 477. The lowest BCUT2D eigenvalue weighted by Crippen LogP contribution is -3.00. The Hall–Kier alpha value is -2.05. The Labute approximate surface area is 99.7 Å². The lowest BCUT2D eigenvalue weighted by atomic mass is 10.3. The molecule has 0 unspecified atom stereocenters. The van der Waals surface area contributed by atoms with Crippen LogP contribution in [-0.2, 0) is 0 Å². The molecule has 0 amide bonds. The van der Waals surface area contributed by atoms with E-state index in [0.29, 0.717) is 11.4 Å². The topological polar surface area (TPSA) is 37.4 Å². The van der Waals surface area contributed by atoms with Gasteiger partial charge in [0.2, 0.25) is 5.39 Å². The van der Waals surface area contributed by atoms with Crippen molar-refractivity contribution in [3.8, 4) is 11.5 Å². The molecule has 16 heavy (non-hydrogen) atoms. The first-order valence-electron chi connectivity index (χ1n) is 4.56. The molecule has 0 radical (unpaired) electrons. The highest BCUT2D eigenvalue weighted by molar-refractivity contribution is 5.47. The third-order valence-electron chi connectivity index (χ3n) is 1.93. The van der Waals surface area contributed by atoms with Crippen LogP contribution in [0.1, 0.15) is 0 Å². The van der Waals surface area contributed by atoms with E-state index in [0.717, 1.165) is 5.75 Å². The van der Waals surface area contributed by atoms with Crippen LogP contribution in [0, 0.1) is 5.39 Å². The molecule has 0 aromatic heterocycles. The summed E-state index contributed by atoms with van der Waals surface area (Å²) in [6.45, 7) is 0. The van der Waals surface area contributed by atoms with Crippen molar-refractivity contribution in [1.82, 2.24) is 0 Å². The zero-order valence-electron chi connectivity index (χ0n) is 8.38. The van der Waals surface area contributed by atoms with Crippen LogP contribution in [0.2, 0.25) is 0 Å². The quantitative estimate of drug-likeness (QED) is 0.724. The van der Waals surface area contributed by atoms with Gasteiger partial charge in [-0.2, -0.15) is 0 Å². The monoisotopic (exact) mass is 232 g/mol. The molecular weight excluding hydrogens is 224 g/mol. The van der Waals surface area contributed by atoms with Gasteiger partial charge in [0.15, 0.2) is 4.98 Å². The van der Waals surface area contributed by atoms with Crippen molar-refractivity contribution in [2.75, 3.05) is 0 Å². The van der Waals surface area contributed by atoms with Crippen LogP contribution in [0.25, 0.3) is 4.98 Å². The van der Waals surface area contributed by atoms with Crippen LogP contribution in [-0.4, -0.2) is 0 Å². The van der Waals surface area contributed by atoms with Crippen molar-refractivity contribution < 1.29 is 17.1 Å². The highest BCUT2D eigenvalue weighted by Crippen LogP contribution is 2.23. The fourth-order valence-corrected chi connectivity index (χ4v) is 1.21. The number of hydrogen-bond acceptors (Lipinski definition) is 2. The van der Waals surface area contributed by atoms with E-state index in [2.05, 4.69) is 4.98 Å². The van der Waals surface area contributed by atoms with Gasteiger partial charge in [0, 0.05) is 12.1 Å². The number of para-hydroxylation sites is 1. The highest BCUT2D eigenvalue weighted by Gasteiger charge is 2.03. The van der Waals surface area contributed by atoms with Gasteiger partial charge in [0.05, 0.1) is 0 Å². The van der Waals surface area contributed by atoms with E-state index in [1.165, 1.54) is 0 Å². The number of halogens is 1. The minimum Gasteiger partial charge on any atom is -1.00 e. The van der Waals surface area contributed by atoms with Crippen molar-refractivity contribution in [2.24, 2.45) is 0 Å². The molecule has 0 atom stereocenters. The molecule has 4 heteroatoms. The Kier molecular flexibility index (Phi) is 4.31. The van der Waals surface area contributed by atoms with E-state index < -0.39 is 0 Å². The summed E-state index contributed by atoms with van der Waals surface area (Å²) in [6, 6.07) is 16.4. The molecule has 3 nitrogen and oxygen atoms in total. The zero-order valence-corrected chi connectivity index (χ0v) is 9.13. The second-order valence-corrected chi connectivity index (χ2v) is 3.01. The maximum atomic E-state index is 8.50. The lowest BCUT2D eigenvalue weighted by molar-refractivity contribution is -0.00000372. The second-order valence-electron chi connectivity index (χ2n) is 3.01. The van der Waals surface area contributed by atoms with Gasteiger partial charge in [-0.3, -0.25) is 0 Å². The van der Waals surface area contributed by atoms with Crippen molar-refractivity contribution >= 4 is 5.69 Å². The van der Waals surface area contributed by atoms with E-state index in [1.54, 1.807) is 24.3 Å². The molecule has 2 rings (SSSR count). The summed E-state index contributed by atoms with van der Waals surface area (Å²) < 4.78 is 5.55. The molecule has 0 saturated carbocycles. The van der Waals surface area contributed by atoms with Crippen molar-refractivity contribution in [3.63, 3.8) is 0 Å². The predicted molar refractivity (Wildman–Crippen MR) is 57.7 cm³/mol. The molecule has 0 heterocycles. The van der Waals surface area contributed by atoms with Gasteiger partial charge in [-0.15, -0.1) is 0 Å². The standard InChI is InChI=1S/C12H9N2O.ClH/c13-14-10-6-8-12(9-7-10)15-11-4-2-1-3-5-11;/h1-9H;1H/q+1;/p-1. The first-order valence-corrected chi connectivity index (χ1v) is 4.56. The van der Waals surface area contributed by atoms with Crippen LogP contribution < -0.4 is 17.1 Å². The molecule has 2 aromatic rings. The minimum absolute atomic E-state index is 0. The molecule has 0 saturated heterocycles. The van der Waals surface area contributed by atoms with Gasteiger partial charge < -0.3 is 17.1 Å². The first kappa shape index (κ1) is 12.0. The van der Waals surface area contributed by atoms with E-state index >= 15 is 0 Å². The predicted octanol–water partition coefficient (Wildman–Crippen LogP) is 0.967. The summed E-state index contributed by atoms with van der Waals surface area (Å²) in [5, 5.41) is 8.50. The Morgan fingerprint density at radius 2 is 1.38 bits per heavy atom. The van der Waals surface area contributed by atoms with E-state index in [1.807, 2.05) is 30.3 Å². The Morgan fingerprint density at radius 3 is 1.94 bits per heavy atom. The number of hydrogen-bond donors (Lipinski definition) is 0. The third-order valence-corrected chi connectivity index (χ3v) is 1.93.